The Morgan fingerprint density at radius 2 is 1.80 bits per heavy atom. The number of rotatable bonds is 4. The maximum Gasteiger partial charge on any atom is 0.242 e. The first kappa shape index (κ1) is 14.9. The van der Waals surface area contributed by atoms with Crippen molar-refractivity contribution in [2.24, 2.45) is 11.8 Å². The average molecular weight is 274 g/mol. The molecule has 1 aliphatic rings. The van der Waals surface area contributed by atoms with E-state index in [1.165, 1.54) is 6.42 Å². The summed E-state index contributed by atoms with van der Waals surface area (Å²) in [5.41, 5.74) is 1.13. The van der Waals surface area contributed by atoms with Gasteiger partial charge in [-0.2, -0.15) is 0 Å². The molecule has 3 nitrogen and oxygen atoms in total. The van der Waals surface area contributed by atoms with Crippen LogP contribution in [0.1, 0.15) is 27.2 Å². The van der Waals surface area contributed by atoms with Gasteiger partial charge in [-0.3, -0.25) is 4.79 Å². The second-order valence-electron chi connectivity index (χ2n) is 6.09. The van der Waals surface area contributed by atoms with Crippen molar-refractivity contribution in [2.75, 3.05) is 31.1 Å². The molecule has 0 radical (unpaired) electrons. The van der Waals surface area contributed by atoms with E-state index in [1.807, 2.05) is 23.1 Å². The Morgan fingerprint density at radius 3 is 2.35 bits per heavy atom. The fourth-order valence-corrected chi connectivity index (χ4v) is 3.15. The van der Waals surface area contributed by atoms with E-state index in [9.17, 15) is 4.79 Å². The summed E-state index contributed by atoms with van der Waals surface area (Å²) < 4.78 is 0. The van der Waals surface area contributed by atoms with E-state index in [1.54, 1.807) is 0 Å². The van der Waals surface area contributed by atoms with Gasteiger partial charge in [-0.15, -0.1) is 0 Å². The van der Waals surface area contributed by atoms with Crippen molar-refractivity contribution in [3.8, 4) is 0 Å². The molecule has 3 heteroatoms. The zero-order valence-corrected chi connectivity index (χ0v) is 12.9. The molecule has 1 amide bonds. The number of nitrogens with zero attached hydrogens (tertiary/aromatic N) is 2. The van der Waals surface area contributed by atoms with E-state index < -0.39 is 0 Å². The molecule has 0 bridgehead atoms. The molecular weight excluding hydrogens is 248 g/mol. The number of benzene rings is 1. The first-order chi connectivity index (χ1) is 9.60. The number of carbonyl (C=O) groups is 1. The Balaban J connectivity index is 1.99. The van der Waals surface area contributed by atoms with Crippen molar-refractivity contribution in [1.29, 1.82) is 0 Å². The van der Waals surface area contributed by atoms with Crippen LogP contribution >= 0.6 is 0 Å². The summed E-state index contributed by atoms with van der Waals surface area (Å²) in [4.78, 5) is 16.7. The van der Waals surface area contributed by atoms with Crippen LogP contribution in [0.2, 0.25) is 0 Å². The van der Waals surface area contributed by atoms with E-state index in [4.69, 9.17) is 0 Å². The van der Waals surface area contributed by atoms with Gasteiger partial charge in [0.05, 0.1) is 6.54 Å². The number of carbonyl (C=O) groups excluding carboxylic acids is 1. The van der Waals surface area contributed by atoms with Crippen molar-refractivity contribution in [3.63, 3.8) is 0 Å². The summed E-state index contributed by atoms with van der Waals surface area (Å²) >= 11 is 0. The van der Waals surface area contributed by atoms with Crippen molar-refractivity contribution in [3.05, 3.63) is 30.3 Å². The van der Waals surface area contributed by atoms with Crippen molar-refractivity contribution in [1.82, 2.24) is 4.90 Å². The van der Waals surface area contributed by atoms with Crippen LogP contribution in [-0.4, -0.2) is 37.0 Å². The predicted molar refractivity (Wildman–Crippen MR) is 83.9 cm³/mol. The molecule has 1 aromatic carbocycles. The quantitative estimate of drug-likeness (QED) is 0.842. The van der Waals surface area contributed by atoms with Gasteiger partial charge in [0.2, 0.25) is 5.91 Å². The first-order valence-corrected chi connectivity index (χ1v) is 7.68. The van der Waals surface area contributed by atoms with Crippen LogP contribution < -0.4 is 4.90 Å². The molecule has 0 aromatic heterocycles. The van der Waals surface area contributed by atoms with Crippen LogP contribution in [-0.2, 0) is 4.79 Å². The van der Waals surface area contributed by atoms with Crippen LogP contribution in [0, 0.1) is 11.8 Å². The zero-order chi connectivity index (χ0) is 14.5. The van der Waals surface area contributed by atoms with E-state index in [2.05, 4.69) is 37.8 Å². The lowest BCUT2D eigenvalue weighted by Gasteiger charge is -2.36. The van der Waals surface area contributed by atoms with Crippen LogP contribution in [0.4, 0.5) is 5.69 Å². The number of hydrogen-bond donors (Lipinski definition) is 0. The largest absolute Gasteiger partial charge is 0.362 e. The lowest BCUT2D eigenvalue weighted by molar-refractivity contribution is -0.132. The van der Waals surface area contributed by atoms with Crippen LogP contribution in [0.15, 0.2) is 30.3 Å². The summed E-state index contributed by atoms with van der Waals surface area (Å²) in [6, 6.07) is 10.2. The topological polar surface area (TPSA) is 23.6 Å². The first-order valence-electron chi connectivity index (χ1n) is 7.68. The molecule has 1 fully saturated rings. The minimum Gasteiger partial charge on any atom is -0.362 e. The Hall–Kier alpha value is -1.51. The standard InChI is InChI=1S/C17H26N2O/c1-4-18(16-8-6-5-7-9-16)13-17(20)19-11-14(2)10-15(3)12-19/h5-9,14-15H,4,10-13H2,1-3H3. The van der Waals surface area contributed by atoms with Gasteiger partial charge in [0.1, 0.15) is 0 Å². The zero-order valence-electron chi connectivity index (χ0n) is 12.9. The minimum atomic E-state index is 0.258. The Bertz CT molecular complexity index is 422. The maximum absolute atomic E-state index is 12.5. The highest BCUT2D eigenvalue weighted by Gasteiger charge is 2.26. The molecule has 1 aliphatic heterocycles. The highest BCUT2D eigenvalue weighted by molar-refractivity contribution is 5.81. The number of hydrogen-bond acceptors (Lipinski definition) is 2. The van der Waals surface area contributed by atoms with Gasteiger partial charge in [0.15, 0.2) is 0 Å². The number of anilines is 1. The lowest BCUT2D eigenvalue weighted by Crippen LogP contribution is -2.47. The fourth-order valence-electron chi connectivity index (χ4n) is 3.15. The lowest BCUT2D eigenvalue weighted by atomic mass is 9.92. The third-order valence-electron chi connectivity index (χ3n) is 4.05. The summed E-state index contributed by atoms with van der Waals surface area (Å²) in [7, 11) is 0. The van der Waals surface area contributed by atoms with Crippen LogP contribution in [0.3, 0.4) is 0 Å². The minimum absolute atomic E-state index is 0.258. The summed E-state index contributed by atoms with van der Waals surface area (Å²) in [5.74, 6) is 1.50. The normalized spacial score (nSPS) is 22.6. The molecule has 0 spiro atoms. The molecule has 0 saturated carbocycles. The Morgan fingerprint density at radius 1 is 1.20 bits per heavy atom. The molecule has 2 unspecified atom stereocenters. The van der Waals surface area contributed by atoms with E-state index in [0.29, 0.717) is 18.4 Å². The molecule has 0 aliphatic carbocycles. The molecule has 1 heterocycles. The van der Waals surface area contributed by atoms with Gasteiger partial charge in [-0.1, -0.05) is 32.0 Å². The van der Waals surface area contributed by atoms with Crippen LogP contribution in [0.25, 0.3) is 0 Å². The van der Waals surface area contributed by atoms with Gasteiger partial charge < -0.3 is 9.80 Å². The summed E-state index contributed by atoms with van der Waals surface area (Å²) in [6.45, 7) is 9.75. The Labute approximate surface area is 122 Å². The van der Waals surface area contributed by atoms with E-state index in [0.717, 1.165) is 25.3 Å². The number of para-hydroxylation sites is 1. The van der Waals surface area contributed by atoms with Crippen molar-refractivity contribution in [2.45, 2.75) is 27.2 Å². The summed E-state index contributed by atoms with van der Waals surface area (Å²) in [6.07, 6.45) is 1.24. The van der Waals surface area contributed by atoms with Gasteiger partial charge in [0.25, 0.3) is 0 Å². The molecule has 0 N–H and O–H groups in total. The monoisotopic (exact) mass is 274 g/mol. The number of likely N-dealkylation sites (tertiary alicyclic amines) is 1. The molecular formula is C17H26N2O. The molecule has 2 rings (SSSR count). The SMILES string of the molecule is CCN(CC(=O)N1CC(C)CC(C)C1)c1ccccc1. The van der Waals surface area contributed by atoms with Crippen molar-refractivity contribution < 1.29 is 4.79 Å². The van der Waals surface area contributed by atoms with Gasteiger partial charge >= 0.3 is 0 Å². The fraction of sp³-hybridized carbons (Fsp3) is 0.588. The second kappa shape index (κ2) is 6.78. The van der Waals surface area contributed by atoms with Gasteiger partial charge in [0, 0.05) is 25.3 Å². The highest BCUT2D eigenvalue weighted by atomic mass is 16.2. The van der Waals surface area contributed by atoms with Gasteiger partial charge in [-0.05, 0) is 37.3 Å². The Kier molecular flexibility index (Phi) is 5.05. The average Bonchev–Trinajstić information content (AvgIpc) is 2.44. The highest BCUT2D eigenvalue weighted by Crippen LogP contribution is 2.21. The van der Waals surface area contributed by atoms with E-state index in [-0.39, 0.29) is 5.91 Å². The second-order valence-corrected chi connectivity index (χ2v) is 6.09. The van der Waals surface area contributed by atoms with Crippen LogP contribution in [0.5, 0.6) is 0 Å². The third kappa shape index (κ3) is 3.75. The molecule has 2 atom stereocenters. The van der Waals surface area contributed by atoms with Gasteiger partial charge in [-0.25, -0.2) is 0 Å². The number of piperidine rings is 1. The smallest absolute Gasteiger partial charge is 0.242 e. The molecule has 1 saturated heterocycles. The predicted octanol–water partition coefficient (Wildman–Crippen LogP) is 3.02. The molecule has 110 valence electrons. The molecule has 1 aromatic rings. The number of likely N-dealkylation sites (N-methyl/N-ethyl adjacent to an activating group) is 1. The third-order valence-corrected chi connectivity index (χ3v) is 4.05. The van der Waals surface area contributed by atoms with E-state index >= 15 is 0 Å². The maximum atomic E-state index is 12.5. The summed E-state index contributed by atoms with van der Waals surface area (Å²) in [5, 5.41) is 0. The van der Waals surface area contributed by atoms with Crippen molar-refractivity contribution >= 4 is 11.6 Å². The number of amides is 1. The molecule has 20 heavy (non-hydrogen) atoms.